The van der Waals surface area contributed by atoms with E-state index in [0.717, 1.165) is 16.7 Å². The van der Waals surface area contributed by atoms with Crippen LogP contribution in [0.15, 0.2) is 58.3 Å². The van der Waals surface area contributed by atoms with Crippen LogP contribution in [0.2, 0.25) is 10.0 Å². The molecule has 4 rings (SSSR count). The molecule has 0 aromatic heterocycles. The summed E-state index contributed by atoms with van der Waals surface area (Å²) >= 11 is 12.7. The van der Waals surface area contributed by atoms with Crippen molar-refractivity contribution >= 4 is 74.2 Å². The number of morpholine rings is 1. The molecule has 0 atom stereocenters. The quantitative estimate of drug-likeness (QED) is 0.461. The van der Waals surface area contributed by atoms with E-state index in [4.69, 9.17) is 27.9 Å². The second-order valence-electron chi connectivity index (χ2n) is 8.22. The summed E-state index contributed by atoms with van der Waals surface area (Å²) in [5.74, 6) is -0.878. The molecule has 2 aliphatic heterocycles. The van der Waals surface area contributed by atoms with Crippen LogP contribution in [0.5, 0.6) is 0 Å². The second-order valence-corrected chi connectivity index (χ2v) is 12.0. The van der Waals surface area contributed by atoms with Crippen LogP contribution in [0.25, 0.3) is 12.2 Å². The largest absolute Gasteiger partial charge is 0.379 e. The lowest BCUT2D eigenvalue weighted by molar-refractivity contribution is -0.123. The minimum atomic E-state index is -3.59. The molecule has 38 heavy (non-hydrogen) atoms. The number of benzene rings is 2. The molecular formula is C25H23Cl2N3O6S2. The molecule has 0 saturated carbocycles. The number of imide groups is 1. The molecule has 2 saturated heterocycles. The summed E-state index contributed by atoms with van der Waals surface area (Å²) in [5, 5.41) is 2.92. The third-order valence-corrected chi connectivity index (χ3v) is 9.22. The van der Waals surface area contributed by atoms with E-state index in [9.17, 15) is 22.8 Å². The maximum absolute atomic E-state index is 12.7. The molecule has 0 unspecified atom stereocenters. The highest BCUT2D eigenvalue weighted by Crippen LogP contribution is 2.33. The highest BCUT2D eigenvalue weighted by atomic mass is 35.5. The van der Waals surface area contributed by atoms with E-state index in [1.165, 1.54) is 22.5 Å². The van der Waals surface area contributed by atoms with E-state index in [1.54, 1.807) is 42.5 Å². The fourth-order valence-corrected chi connectivity index (χ4v) is 6.23. The predicted molar refractivity (Wildman–Crippen MR) is 147 cm³/mol. The first-order valence-electron chi connectivity index (χ1n) is 11.5. The van der Waals surface area contributed by atoms with Crippen LogP contribution < -0.4 is 5.32 Å². The summed E-state index contributed by atoms with van der Waals surface area (Å²) in [6.07, 6.45) is 4.40. The Balaban J connectivity index is 1.28. The number of sulfonamides is 1. The number of nitrogens with zero attached hydrogens (tertiary/aromatic N) is 2. The van der Waals surface area contributed by atoms with Crippen LogP contribution in [0.1, 0.15) is 11.1 Å². The van der Waals surface area contributed by atoms with Gasteiger partial charge < -0.3 is 10.1 Å². The zero-order valence-electron chi connectivity index (χ0n) is 19.9. The average molecular weight is 597 g/mol. The first-order chi connectivity index (χ1) is 18.1. The number of amides is 3. The van der Waals surface area contributed by atoms with E-state index in [1.807, 2.05) is 0 Å². The van der Waals surface area contributed by atoms with E-state index < -0.39 is 27.1 Å². The van der Waals surface area contributed by atoms with Gasteiger partial charge in [-0.15, -0.1) is 0 Å². The van der Waals surface area contributed by atoms with Crippen molar-refractivity contribution in [3.63, 3.8) is 0 Å². The zero-order chi connectivity index (χ0) is 27.3. The number of carbonyl (C=O) groups is 3. The van der Waals surface area contributed by atoms with Gasteiger partial charge in [-0.1, -0.05) is 41.4 Å². The van der Waals surface area contributed by atoms with Gasteiger partial charge in [0.05, 0.1) is 33.1 Å². The number of thioether (sulfide) groups is 1. The van der Waals surface area contributed by atoms with Crippen LogP contribution in [-0.2, 0) is 24.3 Å². The minimum Gasteiger partial charge on any atom is -0.379 e. The number of hydrogen-bond acceptors (Lipinski definition) is 7. The molecule has 0 radical (unpaired) electrons. The SMILES string of the molecule is O=C(/C=C/c1ccc(S(=O)(=O)N2CCOCC2)cc1)NCCN1C(=O)S/C(=C\c2ccc(Cl)c(Cl)c2)C1=O. The monoisotopic (exact) mass is 595 g/mol. The maximum atomic E-state index is 12.7. The van der Waals surface area contributed by atoms with Gasteiger partial charge in [0.1, 0.15) is 0 Å². The van der Waals surface area contributed by atoms with Crippen molar-refractivity contribution in [2.75, 3.05) is 39.4 Å². The summed E-state index contributed by atoms with van der Waals surface area (Å²) in [4.78, 5) is 38.6. The fraction of sp³-hybridized carbons (Fsp3) is 0.240. The maximum Gasteiger partial charge on any atom is 0.293 e. The van der Waals surface area contributed by atoms with Gasteiger partial charge in [0.25, 0.3) is 11.1 Å². The normalized spacial score (nSPS) is 18.1. The Hall–Kier alpha value is -2.67. The topological polar surface area (TPSA) is 113 Å². The first kappa shape index (κ1) is 28.3. The molecule has 9 nitrogen and oxygen atoms in total. The Labute approximate surface area is 234 Å². The zero-order valence-corrected chi connectivity index (χ0v) is 23.1. The molecule has 13 heteroatoms. The molecule has 2 aromatic rings. The molecule has 2 heterocycles. The minimum absolute atomic E-state index is 0.0110. The van der Waals surface area contributed by atoms with Crippen LogP contribution in [-0.4, -0.2) is 74.1 Å². The van der Waals surface area contributed by atoms with Gasteiger partial charge >= 0.3 is 0 Å². The van der Waals surface area contributed by atoms with Gasteiger partial charge in [-0.05, 0) is 59.3 Å². The van der Waals surface area contributed by atoms with Crippen LogP contribution in [0.4, 0.5) is 4.79 Å². The van der Waals surface area contributed by atoms with Gasteiger partial charge in [0, 0.05) is 32.3 Å². The summed E-state index contributed by atoms with van der Waals surface area (Å²) < 4.78 is 32.0. The Morgan fingerprint density at radius 1 is 1.03 bits per heavy atom. The standard InChI is InChI=1S/C25H23Cl2N3O6S2/c26-20-7-3-18(15-21(20)27)16-22-24(32)30(25(33)37-22)10-9-28-23(31)8-4-17-1-5-19(6-2-17)38(34,35)29-11-13-36-14-12-29/h1-8,15-16H,9-14H2,(H,28,31)/b8-4+,22-16-. The second kappa shape index (κ2) is 12.5. The molecule has 2 aliphatic rings. The summed E-state index contributed by atoms with van der Waals surface area (Å²) in [6, 6.07) is 11.1. The number of nitrogens with one attached hydrogen (secondary N) is 1. The average Bonchev–Trinajstić information content (AvgIpc) is 3.17. The molecule has 3 amide bonds. The highest BCUT2D eigenvalue weighted by Gasteiger charge is 2.34. The third kappa shape index (κ3) is 6.85. The molecule has 2 aromatic carbocycles. The predicted octanol–water partition coefficient (Wildman–Crippen LogP) is 3.88. The van der Waals surface area contributed by atoms with Crippen LogP contribution in [0, 0.1) is 0 Å². The lowest BCUT2D eigenvalue weighted by Gasteiger charge is -2.26. The molecule has 1 N–H and O–H groups in total. The van der Waals surface area contributed by atoms with E-state index in [0.29, 0.717) is 47.5 Å². The lowest BCUT2D eigenvalue weighted by Crippen LogP contribution is -2.40. The van der Waals surface area contributed by atoms with E-state index in [2.05, 4.69) is 5.32 Å². The molecule has 2 fully saturated rings. The third-order valence-electron chi connectivity index (χ3n) is 5.66. The van der Waals surface area contributed by atoms with Crippen molar-refractivity contribution in [2.45, 2.75) is 4.90 Å². The van der Waals surface area contributed by atoms with Gasteiger partial charge in [0.15, 0.2) is 0 Å². The molecule has 0 aliphatic carbocycles. The highest BCUT2D eigenvalue weighted by molar-refractivity contribution is 8.18. The van der Waals surface area contributed by atoms with Crippen molar-refractivity contribution in [3.05, 3.63) is 74.6 Å². The lowest BCUT2D eigenvalue weighted by atomic mass is 10.2. The van der Waals surface area contributed by atoms with Crippen molar-refractivity contribution < 1.29 is 27.5 Å². The Morgan fingerprint density at radius 3 is 2.39 bits per heavy atom. The fourth-order valence-electron chi connectivity index (χ4n) is 3.65. The van der Waals surface area contributed by atoms with Gasteiger partial charge in [-0.25, -0.2) is 8.42 Å². The number of rotatable bonds is 8. The summed E-state index contributed by atoms with van der Waals surface area (Å²) in [5.41, 5.74) is 1.27. The van der Waals surface area contributed by atoms with Crippen LogP contribution >= 0.6 is 35.0 Å². The number of ether oxygens (including phenoxy) is 1. The number of hydrogen-bond donors (Lipinski definition) is 1. The summed E-state index contributed by atoms with van der Waals surface area (Å²) in [7, 11) is -3.59. The Morgan fingerprint density at radius 2 is 1.71 bits per heavy atom. The molecule has 200 valence electrons. The van der Waals surface area contributed by atoms with Gasteiger partial charge in [-0.3, -0.25) is 19.3 Å². The first-order valence-corrected chi connectivity index (χ1v) is 14.5. The molecule has 0 bridgehead atoms. The molecule has 0 spiro atoms. The smallest absolute Gasteiger partial charge is 0.293 e. The number of carbonyl (C=O) groups excluding carboxylic acids is 3. The van der Waals surface area contributed by atoms with E-state index in [-0.39, 0.29) is 22.9 Å². The van der Waals surface area contributed by atoms with Crippen molar-refractivity contribution in [2.24, 2.45) is 0 Å². The summed E-state index contributed by atoms with van der Waals surface area (Å²) in [6.45, 7) is 1.43. The van der Waals surface area contributed by atoms with Crippen molar-refractivity contribution in [1.82, 2.24) is 14.5 Å². The molecular weight excluding hydrogens is 573 g/mol. The van der Waals surface area contributed by atoms with E-state index >= 15 is 0 Å². The van der Waals surface area contributed by atoms with Crippen LogP contribution in [0.3, 0.4) is 0 Å². The van der Waals surface area contributed by atoms with Crippen molar-refractivity contribution in [1.29, 1.82) is 0 Å². The Kier molecular flexibility index (Phi) is 9.29. The van der Waals surface area contributed by atoms with Gasteiger partial charge in [-0.2, -0.15) is 4.31 Å². The van der Waals surface area contributed by atoms with Crippen molar-refractivity contribution in [3.8, 4) is 0 Å². The number of halogens is 2. The Bertz CT molecular complexity index is 1400. The van der Waals surface area contributed by atoms with Gasteiger partial charge in [0.2, 0.25) is 15.9 Å².